The van der Waals surface area contributed by atoms with Gasteiger partial charge in [0.25, 0.3) is 0 Å². The lowest BCUT2D eigenvalue weighted by atomic mass is 10.0. The highest BCUT2D eigenvalue weighted by Crippen LogP contribution is 2.19. The molecule has 1 aromatic heterocycles. The number of aromatic amines is 1. The molecule has 4 nitrogen and oxygen atoms in total. The zero-order valence-electron chi connectivity index (χ0n) is 14.5. The molecule has 0 atom stereocenters. The van der Waals surface area contributed by atoms with Crippen LogP contribution in [0.2, 0.25) is 0 Å². The van der Waals surface area contributed by atoms with Gasteiger partial charge in [-0.1, -0.05) is 24.6 Å². The molecule has 0 aliphatic rings. The Kier molecular flexibility index (Phi) is 7.53. The van der Waals surface area contributed by atoms with Crippen LogP contribution in [-0.2, 0) is 20.7 Å². The lowest BCUT2D eigenvalue weighted by molar-refractivity contribution is -0.143. The van der Waals surface area contributed by atoms with Crippen LogP contribution >= 0.6 is 0 Å². The summed E-state index contributed by atoms with van der Waals surface area (Å²) in [4.78, 5) is 26.4. The molecule has 4 heteroatoms. The minimum Gasteiger partial charge on any atom is -0.466 e. The second kappa shape index (κ2) is 9.91. The number of aryl methyl sites for hydroxylation is 1. The molecule has 130 valence electrons. The van der Waals surface area contributed by atoms with Crippen molar-refractivity contribution in [2.24, 2.45) is 0 Å². The van der Waals surface area contributed by atoms with Gasteiger partial charge >= 0.3 is 5.97 Å². The smallest absolute Gasteiger partial charge is 0.305 e. The van der Waals surface area contributed by atoms with E-state index in [9.17, 15) is 9.59 Å². The van der Waals surface area contributed by atoms with Crippen LogP contribution in [0.25, 0.3) is 10.9 Å². The number of para-hydroxylation sites is 1. The first-order valence-corrected chi connectivity index (χ1v) is 8.93. The van der Waals surface area contributed by atoms with Crippen molar-refractivity contribution in [3.8, 4) is 0 Å². The average molecular weight is 329 g/mol. The van der Waals surface area contributed by atoms with Crippen LogP contribution in [0, 0.1) is 0 Å². The van der Waals surface area contributed by atoms with E-state index in [1.807, 2.05) is 25.3 Å². The quantitative estimate of drug-likeness (QED) is 0.485. The molecule has 2 aromatic rings. The summed E-state index contributed by atoms with van der Waals surface area (Å²) in [6.07, 6.45) is 8.17. The molecule has 0 saturated carbocycles. The predicted molar refractivity (Wildman–Crippen MR) is 96.0 cm³/mol. The highest BCUT2D eigenvalue weighted by atomic mass is 16.5. The summed E-state index contributed by atoms with van der Waals surface area (Å²) in [6.45, 7) is 2.25. The summed E-state index contributed by atoms with van der Waals surface area (Å²) >= 11 is 0. The molecule has 2 rings (SSSR count). The summed E-state index contributed by atoms with van der Waals surface area (Å²) in [7, 11) is 0. The third-order valence-electron chi connectivity index (χ3n) is 4.22. The number of esters is 1. The van der Waals surface area contributed by atoms with Crippen molar-refractivity contribution < 1.29 is 14.3 Å². The summed E-state index contributed by atoms with van der Waals surface area (Å²) < 4.78 is 4.88. The van der Waals surface area contributed by atoms with Gasteiger partial charge in [0.1, 0.15) is 5.78 Å². The van der Waals surface area contributed by atoms with Crippen molar-refractivity contribution in [1.82, 2.24) is 4.98 Å². The van der Waals surface area contributed by atoms with Crippen molar-refractivity contribution in [3.63, 3.8) is 0 Å². The van der Waals surface area contributed by atoms with E-state index in [4.69, 9.17) is 4.74 Å². The molecule has 0 fully saturated rings. The fourth-order valence-corrected chi connectivity index (χ4v) is 2.94. The second-order valence-corrected chi connectivity index (χ2v) is 6.12. The highest BCUT2D eigenvalue weighted by molar-refractivity contribution is 5.83. The molecule has 0 aliphatic carbocycles. The van der Waals surface area contributed by atoms with E-state index in [1.54, 1.807) is 0 Å². The van der Waals surface area contributed by atoms with Gasteiger partial charge in [-0.15, -0.1) is 0 Å². The largest absolute Gasteiger partial charge is 0.466 e. The van der Waals surface area contributed by atoms with Gasteiger partial charge in [-0.25, -0.2) is 0 Å². The van der Waals surface area contributed by atoms with Crippen LogP contribution in [0.3, 0.4) is 0 Å². The Bertz CT molecular complexity index is 660. The Morgan fingerprint density at radius 3 is 2.58 bits per heavy atom. The molecule has 0 aliphatic heterocycles. The van der Waals surface area contributed by atoms with Gasteiger partial charge < -0.3 is 9.72 Å². The van der Waals surface area contributed by atoms with Gasteiger partial charge in [-0.05, 0) is 44.2 Å². The number of fused-ring (bicyclic) bond motifs is 1. The molecule has 0 unspecified atom stereocenters. The number of hydrogen-bond acceptors (Lipinski definition) is 3. The number of ether oxygens (including phenoxy) is 1. The van der Waals surface area contributed by atoms with E-state index in [0.29, 0.717) is 31.7 Å². The average Bonchev–Trinajstić information content (AvgIpc) is 2.98. The predicted octanol–water partition coefficient (Wildman–Crippen LogP) is 4.57. The summed E-state index contributed by atoms with van der Waals surface area (Å²) in [5.41, 5.74) is 2.44. The van der Waals surface area contributed by atoms with Crippen LogP contribution < -0.4 is 0 Å². The Balaban J connectivity index is 1.58. The van der Waals surface area contributed by atoms with Crippen LogP contribution in [0.5, 0.6) is 0 Å². The lowest BCUT2D eigenvalue weighted by Gasteiger charge is -2.03. The van der Waals surface area contributed by atoms with Crippen molar-refractivity contribution in [2.75, 3.05) is 6.61 Å². The summed E-state index contributed by atoms with van der Waals surface area (Å²) in [5, 5.41) is 1.25. The van der Waals surface area contributed by atoms with E-state index in [-0.39, 0.29) is 5.97 Å². The SMILES string of the molecule is CCOC(=O)CCCCCC(=O)CCCc1c[nH]c2ccccc12. The van der Waals surface area contributed by atoms with E-state index in [2.05, 4.69) is 17.1 Å². The number of rotatable bonds is 11. The van der Waals surface area contributed by atoms with Gasteiger partial charge in [-0.3, -0.25) is 9.59 Å². The third kappa shape index (κ3) is 5.84. The number of nitrogens with one attached hydrogen (secondary N) is 1. The zero-order chi connectivity index (χ0) is 17.2. The van der Waals surface area contributed by atoms with Crippen LogP contribution in [0.15, 0.2) is 30.5 Å². The first kappa shape index (κ1) is 18.2. The number of aromatic nitrogens is 1. The maximum Gasteiger partial charge on any atom is 0.305 e. The molecule has 0 bridgehead atoms. The molecular weight excluding hydrogens is 302 g/mol. The van der Waals surface area contributed by atoms with Gasteiger partial charge in [0.2, 0.25) is 0 Å². The first-order valence-electron chi connectivity index (χ1n) is 8.93. The maximum atomic E-state index is 11.9. The number of Topliss-reactive ketones (excluding diaryl/α,β-unsaturated/α-hetero) is 1. The summed E-state index contributed by atoms with van der Waals surface area (Å²) in [6, 6.07) is 8.25. The normalized spacial score (nSPS) is 10.9. The molecule has 1 heterocycles. The molecule has 1 N–H and O–H groups in total. The van der Waals surface area contributed by atoms with E-state index in [0.717, 1.165) is 37.6 Å². The Hall–Kier alpha value is -2.10. The number of benzene rings is 1. The minimum atomic E-state index is -0.137. The highest BCUT2D eigenvalue weighted by Gasteiger charge is 2.06. The standard InChI is InChI=1S/C20H27NO3/c1-2-24-20(23)14-5-3-4-10-17(22)11-8-9-16-15-21-19-13-7-6-12-18(16)19/h6-7,12-13,15,21H,2-5,8-11,14H2,1H3. The lowest BCUT2D eigenvalue weighted by Crippen LogP contribution is -2.03. The molecule has 0 radical (unpaired) electrons. The number of unbranched alkanes of at least 4 members (excludes halogenated alkanes) is 2. The van der Waals surface area contributed by atoms with Crippen molar-refractivity contribution >= 4 is 22.7 Å². The van der Waals surface area contributed by atoms with Gasteiger partial charge in [0, 0.05) is 36.4 Å². The Morgan fingerprint density at radius 1 is 1.00 bits per heavy atom. The van der Waals surface area contributed by atoms with Crippen molar-refractivity contribution in [3.05, 3.63) is 36.0 Å². The first-order chi connectivity index (χ1) is 11.7. The van der Waals surface area contributed by atoms with Gasteiger partial charge in [0.15, 0.2) is 0 Å². The molecule has 1 aromatic carbocycles. The fourth-order valence-electron chi connectivity index (χ4n) is 2.94. The number of ketones is 1. The number of hydrogen-bond donors (Lipinski definition) is 1. The van der Waals surface area contributed by atoms with Crippen molar-refractivity contribution in [1.29, 1.82) is 0 Å². The molecule has 0 saturated heterocycles. The number of carbonyl (C=O) groups excluding carboxylic acids is 2. The molecule has 0 amide bonds. The third-order valence-corrected chi connectivity index (χ3v) is 4.22. The second-order valence-electron chi connectivity index (χ2n) is 6.12. The van der Waals surface area contributed by atoms with Crippen molar-refractivity contribution in [2.45, 2.75) is 58.3 Å². The number of H-pyrrole nitrogens is 1. The van der Waals surface area contributed by atoms with E-state index in [1.165, 1.54) is 10.9 Å². The monoisotopic (exact) mass is 329 g/mol. The topological polar surface area (TPSA) is 59.2 Å². The molecule has 24 heavy (non-hydrogen) atoms. The van der Waals surface area contributed by atoms with E-state index < -0.39 is 0 Å². The zero-order valence-corrected chi connectivity index (χ0v) is 14.5. The van der Waals surface area contributed by atoms with Gasteiger partial charge in [0.05, 0.1) is 6.61 Å². The number of carbonyl (C=O) groups is 2. The molecular formula is C20H27NO3. The maximum absolute atomic E-state index is 11.9. The Labute approximate surface area is 143 Å². The van der Waals surface area contributed by atoms with Gasteiger partial charge in [-0.2, -0.15) is 0 Å². The summed E-state index contributed by atoms with van der Waals surface area (Å²) in [5.74, 6) is 0.188. The van der Waals surface area contributed by atoms with Crippen LogP contribution in [0.4, 0.5) is 0 Å². The van der Waals surface area contributed by atoms with Crippen LogP contribution in [0.1, 0.15) is 57.4 Å². The molecule has 0 spiro atoms. The van der Waals surface area contributed by atoms with Crippen LogP contribution in [-0.4, -0.2) is 23.3 Å². The fraction of sp³-hybridized carbons (Fsp3) is 0.500. The van der Waals surface area contributed by atoms with E-state index >= 15 is 0 Å². The minimum absolute atomic E-state index is 0.137. The Morgan fingerprint density at radius 2 is 1.75 bits per heavy atom.